The molecule has 1 aromatic heterocycles. The third-order valence-electron chi connectivity index (χ3n) is 8.42. The Bertz CT molecular complexity index is 2110. The third-order valence-corrected chi connectivity index (χ3v) is 15.8. The Morgan fingerprint density at radius 2 is 1.17 bits per heavy atom. The van der Waals surface area contributed by atoms with E-state index in [9.17, 15) is 13.2 Å². The summed E-state index contributed by atoms with van der Waals surface area (Å²) in [5.41, 5.74) is 0.366. The van der Waals surface area contributed by atoms with Crippen LogP contribution in [0.5, 0.6) is 0 Å². The number of hydrogen-bond acceptors (Lipinski definition) is 1. The van der Waals surface area contributed by atoms with Crippen LogP contribution in [0.2, 0.25) is 11.5 Å². The third kappa shape index (κ3) is 4.29. The molecule has 7 aromatic rings. The molecule has 0 fully saturated rings. The molecule has 0 aliphatic carbocycles. The van der Waals surface area contributed by atoms with E-state index in [-0.39, 0.29) is 5.39 Å². The number of nitrogens with zero attached hydrogens (tertiary/aromatic N) is 1. The maximum absolute atomic E-state index is 14.1. The fraction of sp³-hybridized carbons (Fsp3) is 0.0833. The molecule has 7 rings (SSSR count). The van der Waals surface area contributed by atoms with Crippen LogP contribution in [0.1, 0.15) is 5.56 Å². The van der Waals surface area contributed by atoms with E-state index in [0.717, 1.165) is 21.5 Å². The summed E-state index contributed by atoms with van der Waals surface area (Å²) in [5, 5.41) is 7.10. The van der Waals surface area contributed by atoms with Crippen LogP contribution in [0.25, 0.3) is 54.3 Å². The quantitative estimate of drug-likeness (QED) is 0.145. The van der Waals surface area contributed by atoms with Gasteiger partial charge in [-0.05, 0) is 5.39 Å². The molecule has 0 spiro atoms. The van der Waals surface area contributed by atoms with E-state index in [2.05, 4.69) is 83.2 Å². The zero-order valence-corrected chi connectivity index (χ0v) is 24.7. The molecule has 0 aliphatic rings. The summed E-state index contributed by atoms with van der Waals surface area (Å²) in [7, 11) is 0. The van der Waals surface area contributed by atoms with Crippen molar-refractivity contribution < 1.29 is 13.2 Å². The summed E-state index contributed by atoms with van der Waals surface area (Å²) in [6, 6.07) is 37.7. The van der Waals surface area contributed by atoms with Gasteiger partial charge in [-0.1, -0.05) is 24.3 Å². The number of alkyl halides is 3. The number of aromatic nitrogens is 1. The predicted octanol–water partition coefficient (Wildman–Crippen LogP) is 9.20. The second-order valence-electron chi connectivity index (χ2n) is 11.2. The molecule has 200 valence electrons. The SMILES string of the molecule is [CH3][Ge]([CH3])([c]1ccccc1)[c]1ccc2c(ccc3c4ccnc(-c5cc(C(F)(F)F)c6ccccc6c5)c4ccc23)c1. The van der Waals surface area contributed by atoms with Gasteiger partial charge in [0.1, 0.15) is 0 Å². The summed E-state index contributed by atoms with van der Waals surface area (Å²) in [6.45, 7) is 0. The van der Waals surface area contributed by atoms with E-state index in [1.54, 1.807) is 30.5 Å². The van der Waals surface area contributed by atoms with Gasteiger partial charge in [-0.15, -0.1) is 0 Å². The fourth-order valence-corrected chi connectivity index (χ4v) is 11.1. The molecular formula is C36H26F3GeN. The minimum absolute atomic E-state index is 0.194. The normalized spacial score (nSPS) is 12.5. The number of rotatable bonds is 3. The standard InChI is InChI=1S/C36H26F3GeN/c1-40(2,26-9-4-3-5-10-26)27-13-15-28-24(21-27)12-14-31-30(28)16-17-33-32(31)18-19-41-35(33)25-20-23-8-6-7-11-29(23)34(22-25)36(37,38)39/h3-22H,1-2H3. The van der Waals surface area contributed by atoms with Crippen LogP contribution in [0.4, 0.5) is 13.2 Å². The van der Waals surface area contributed by atoms with E-state index in [1.165, 1.54) is 31.7 Å². The summed E-state index contributed by atoms with van der Waals surface area (Å²) in [6.07, 6.45) is -2.77. The topological polar surface area (TPSA) is 12.9 Å². The van der Waals surface area contributed by atoms with Gasteiger partial charge in [0, 0.05) is 0 Å². The van der Waals surface area contributed by atoms with Crippen molar-refractivity contribution in [1.29, 1.82) is 0 Å². The van der Waals surface area contributed by atoms with Gasteiger partial charge < -0.3 is 0 Å². The molecule has 0 bridgehead atoms. The molecule has 6 aromatic carbocycles. The molecule has 0 atom stereocenters. The van der Waals surface area contributed by atoms with Crippen LogP contribution in [0.3, 0.4) is 0 Å². The van der Waals surface area contributed by atoms with Crippen LogP contribution < -0.4 is 8.79 Å². The van der Waals surface area contributed by atoms with Crippen LogP contribution in [0.15, 0.2) is 121 Å². The number of hydrogen-bond donors (Lipinski definition) is 0. The first-order valence-corrected chi connectivity index (χ1v) is 19.9. The molecule has 0 radical (unpaired) electrons. The van der Waals surface area contributed by atoms with Crippen molar-refractivity contribution >= 4 is 65.1 Å². The Morgan fingerprint density at radius 3 is 1.98 bits per heavy atom. The number of fused-ring (bicyclic) bond motifs is 6. The van der Waals surface area contributed by atoms with Crippen molar-refractivity contribution in [1.82, 2.24) is 4.98 Å². The van der Waals surface area contributed by atoms with Gasteiger partial charge in [0.25, 0.3) is 0 Å². The van der Waals surface area contributed by atoms with Gasteiger partial charge in [-0.25, -0.2) is 0 Å². The first-order valence-electron chi connectivity index (χ1n) is 13.6. The van der Waals surface area contributed by atoms with Crippen LogP contribution in [-0.2, 0) is 6.18 Å². The van der Waals surface area contributed by atoms with Gasteiger partial charge >= 0.3 is 196 Å². The Kier molecular flexibility index (Phi) is 5.95. The molecular weight excluding hydrogens is 576 g/mol. The zero-order valence-electron chi connectivity index (χ0n) is 22.6. The average molecular weight is 602 g/mol. The summed E-state index contributed by atoms with van der Waals surface area (Å²) in [4.78, 5) is 4.58. The molecule has 0 N–H and O–H groups in total. The molecule has 0 unspecified atom stereocenters. The zero-order chi connectivity index (χ0) is 28.4. The second kappa shape index (κ2) is 9.45. The van der Waals surface area contributed by atoms with Gasteiger partial charge in [-0.3, -0.25) is 0 Å². The first kappa shape index (κ1) is 25.8. The predicted molar refractivity (Wildman–Crippen MR) is 168 cm³/mol. The van der Waals surface area contributed by atoms with E-state index >= 15 is 0 Å². The molecule has 0 amide bonds. The van der Waals surface area contributed by atoms with Crippen molar-refractivity contribution in [3.8, 4) is 11.3 Å². The summed E-state index contributed by atoms with van der Waals surface area (Å²) in [5.74, 6) is 4.85. The Hall–Kier alpha value is -4.16. The van der Waals surface area contributed by atoms with Gasteiger partial charge in [0.2, 0.25) is 0 Å². The molecule has 1 nitrogen and oxygen atoms in total. The minimum atomic E-state index is -4.47. The van der Waals surface area contributed by atoms with E-state index in [0.29, 0.717) is 16.6 Å². The van der Waals surface area contributed by atoms with Crippen molar-refractivity contribution in [2.75, 3.05) is 0 Å². The van der Waals surface area contributed by atoms with Gasteiger partial charge in [0.15, 0.2) is 0 Å². The number of benzene rings is 6. The van der Waals surface area contributed by atoms with Crippen LogP contribution in [-0.4, -0.2) is 18.3 Å². The van der Waals surface area contributed by atoms with Crippen molar-refractivity contribution in [2.45, 2.75) is 17.7 Å². The molecule has 0 saturated carbocycles. The Labute approximate surface area is 238 Å². The van der Waals surface area contributed by atoms with Crippen molar-refractivity contribution in [2.24, 2.45) is 0 Å². The van der Waals surface area contributed by atoms with Crippen LogP contribution >= 0.6 is 0 Å². The molecule has 0 saturated heterocycles. The van der Waals surface area contributed by atoms with E-state index in [1.807, 2.05) is 12.1 Å². The van der Waals surface area contributed by atoms with E-state index < -0.39 is 25.0 Å². The summed E-state index contributed by atoms with van der Waals surface area (Å²) < 4.78 is 45.1. The second-order valence-corrected chi connectivity index (χ2v) is 20.4. The van der Waals surface area contributed by atoms with Gasteiger partial charge in [-0.2, -0.15) is 13.2 Å². The van der Waals surface area contributed by atoms with Crippen molar-refractivity contribution in [3.63, 3.8) is 0 Å². The number of pyridine rings is 1. The van der Waals surface area contributed by atoms with Crippen molar-refractivity contribution in [3.05, 3.63) is 127 Å². The monoisotopic (exact) mass is 603 g/mol. The fourth-order valence-electron chi connectivity index (χ4n) is 6.13. The Morgan fingerprint density at radius 1 is 0.537 bits per heavy atom. The summed E-state index contributed by atoms with van der Waals surface area (Å²) >= 11 is -2.45. The first-order chi connectivity index (χ1) is 19.7. The van der Waals surface area contributed by atoms with Gasteiger partial charge in [0.05, 0.1) is 0 Å². The molecule has 1 heterocycles. The van der Waals surface area contributed by atoms with Crippen LogP contribution in [0, 0.1) is 0 Å². The Balaban J connectivity index is 1.40. The molecule has 0 aliphatic heterocycles. The number of halogens is 3. The average Bonchev–Trinajstić information content (AvgIpc) is 2.99. The van der Waals surface area contributed by atoms with E-state index in [4.69, 9.17) is 0 Å². The molecule has 5 heteroatoms. The maximum atomic E-state index is 14.1. The molecule has 41 heavy (non-hydrogen) atoms.